The van der Waals surface area contributed by atoms with Gasteiger partial charge in [0.05, 0.1) is 7.11 Å². The Hall–Kier alpha value is -2.89. The number of methoxy groups -OCH3 is 1. The number of phenolic OH excluding ortho intramolecular Hbond substituents is 1. The first-order valence-electron chi connectivity index (χ1n) is 10.1. The van der Waals surface area contributed by atoms with Crippen LogP contribution in [-0.4, -0.2) is 42.9 Å². The van der Waals surface area contributed by atoms with Crippen molar-refractivity contribution in [1.82, 2.24) is 4.90 Å². The Morgan fingerprint density at radius 1 is 1.28 bits per heavy atom. The van der Waals surface area contributed by atoms with Gasteiger partial charge in [0.1, 0.15) is 11.5 Å². The van der Waals surface area contributed by atoms with Gasteiger partial charge in [0, 0.05) is 31.0 Å². The number of amides is 1. The van der Waals surface area contributed by atoms with Gasteiger partial charge in [-0.15, -0.1) is 0 Å². The Kier molecular flexibility index (Phi) is 5.51. The molecule has 0 bridgehead atoms. The average Bonchev–Trinajstić information content (AvgIpc) is 3.20. The topological polar surface area (TPSA) is 68.2 Å². The molecule has 2 aromatic rings. The predicted molar refractivity (Wildman–Crippen MR) is 109 cm³/mol. The number of hydrogen-bond acceptors (Lipinski definition) is 5. The first-order chi connectivity index (χ1) is 14.1. The first-order valence-corrected chi connectivity index (χ1v) is 10.1. The van der Waals surface area contributed by atoms with Crippen LogP contribution in [0.5, 0.6) is 23.0 Å². The number of benzene rings is 2. The fourth-order valence-electron chi connectivity index (χ4n) is 4.30. The molecule has 2 aliphatic heterocycles. The quantitative estimate of drug-likeness (QED) is 0.829. The van der Waals surface area contributed by atoms with E-state index in [0.717, 1.165) is 31.5 Å². The number of piperidine rings is 1. The lowest BCUT2D eigenvalue weighted by Gasteiger charge is -2.32. The molecule has 0 aliphatic carbocycles. The maximum atomic E-state index is 13.2. The predicted octanol–water partition coefficient (Wildman–Crippen LogP) is 3.91. The number of carbonyl (C=O) groups is 1. The molecule has 29 heavy (non-hydrogen) atoms. The zero-order valence-corrected chi connectivity index (χ0v) is 16.9. The fraction of sp³-hybridized carbons (Fsp3) is 0.435. The highest BCUT2D eigenvalue weighted by Crippen LogP contribution is 2.43. The van der Waals surface area contributed by atoms with E-state index in [2.05, 4.69) is 6.92 Å². The Morgan fingerprint density at radius 2 is 2.10 bits per heavy atom. The Morgan fingerprint density at radius 3 is 2.90 bits per heavy atom. The zero-order valence-electron chi connectivity index (χ0n) is 16.9. The van der Waals surface area contributed by atoms with Crippen LogP contribution in [0.15, 0.2) is 36.4 Å². The first kappa shape index (κ1) is 19.4. The maximum absolute atomic E-state index is 13.2. The monoisotopic (exact) mass is 397 g/mol. The van der Waals surface area contributed by atoms with Gasteiger partial charge in [0.2, 0.25) is 12.7 Å². The Balaban J connectivity index is 1.71. The third kappa shape index (κ3) is 3.97. The summed E-state index contributed by atoms with van der Waals surface area (Å²) in [6, 6.07) is 10.8. The van der Waals surface area contributed by atoms with E-state index in [0.29, 0.717) is 28.7 Å². The molecule has 2 aromatic carbocycles. The second kappa shape index (κ2) is 8.23. The van der Waals surface area contributed by atoms with Crippen molar-refractivity contribution in [2.75, 3.05) is 27.0 Å². The minimum absolute atomic E-state index is 0.0875. The molecule has 0 saturated carbocycles. The second-order valence-electron chi connectivity index (χ2n) is 7.85. The van der Waals surface area contributed by atoms with Crippen LogP contribution in [0.2, 0.25) is 0 Å². The number of hydrogen-bond donors (Lipinski definition) is 1. The molecule has 6 heteroatoms. The number of nitrogens with zero attached hydrogens (tertiary/aromatic N) is 1. The van der Waals surface area contributed by atoms with Gasteiger partial charge in [-0.1, -0.05) is 19.1 Å². The van der Waals surface area contributed by atoms with Crippen LogP contribution >= 0.6 is 0 Å². The fourth-order valence-corrected chi connectivity index (χ4v) is 4.30. The number of phenols is 1. The molecule has 2 unspecified atom stereocenters. The lowest BCUT2D eigenvalue weighted by atomic mass is 9.86. The van der Waals surface area contributed by atoms with Crippen molar-refractivity contribution in [3.63, 3.8) is 0 Å². The van der Waals surface area contributed by atoms with Gasteiger partial charge in [-0.2, -0.15) is 0 Å². The number of fused-ring (bicyclic) bond motifs is 1. The zero-order chi connectivity index (χ0) is 20.4. The highest BCUT2D eigenvalue weighted by molar-refractivity contribution is 5.78. The van der Waals surface area contributed by atoms with E-state index in [-0.39, 0.29) is 30.8 Å². The molecule has 1 fully saturated rings. The van der Waals surface area contributed by atoms with Crippen LogP contribution < -0.4 is 14.2 Å². The molecular formula is C23H27NO5. The summed E-state index contributed by atoms with van der Waals surface area (Å²) in [4.78, 5) is 15.1. The number of aromatic hydroxyl groups is 1. The van der Waals surface area contributed by atoms with Crippen molar-refractivity contribution in [1.29, 1.82) is 0 Å². The third-order valence-corrected chi connectivity index (χ3v) is 5.80. The minimum Gasteiger partial charge on any atom is -0.508 e. The summed E-state index contributed by atoms with van der Waals surface area (Å²) in [5.41, 5.74) is 1.50. The van der Waals surface area contributed by atoms with Gasteiger partial charge in [0.15, 0.2) is 11.5 Å². The van der Waals surface area contributed by atoms with Gasteiger partial charge in [-0.25, -0.2) is 0 Å². The largest absolute Gasteiger partial charge is 0.508 e. The van der Waals surface area contributed by atoms with E-state index >= 15 is 0 Å². The smallest absolute Gasteiger partial charge is 0.231 e. The molecule has 0 spiro atoms. The van der Waals surface area contributed by atoms with Gasteiger partial charge >= 0.3 is 0 Å². The van der Waals surface area contributed by atoms with Crippen molar-refractivity contribution in [3.8, 4) is 23.0 Å². The molecule has 6 nitrogen and oxygen atoms in total. The summed E-state index contributed by atoms with van der Waals surface area (Å²) in [5.74, 6) is 2.26. The van der Waals surface area contributed by atoms with Crippen molar-refractivity contribution < 1.29 is 24.1 Å². The normalized spacial score (nSPS) is 19.1. The highest BCUT2D eigenvalue weighted by Gasteiger charge is 2.30. The van der Waals surface area contributed by atoms with E-state index in [1.54, 1.807) is 19.2 Å². The Bertz CT molecular complexity index is 897. The summed E-state index contributed by atoms with van der Waals surface area (Å²) < 4.78 is 16.5. The molecule has 0 radical (unpaired) electrons. The van der Waals surface area contributed by atoms with E-state index in [1.807, 2.05) is 29.2 Å². The van der Waals surface area contributed by atoms with Crippen molar-refractivity contribution >= 4 is 5.91 Å². The minimum atomic E-state index is -0.356. The molecule has 4 rings (SSSR count). The average molecular weight is 397 g/mol. The number of ether oxygens (including phenoxy) is 3. The highest BCUT2D eigenvalue weighted by atomic mass is 16.7. The van der Waals surface area contributed by atoms with Crippen LogP contribution in [0.3, 0.4) is 0 Å². The maximum Gasteiger partial charge on any atom is 0.231 e. The molecule has 2 atom stereocenters. The summed E-state index contributed by atoms with van der Waals surface area (Å²) in [5, 5.41) is 10.7. The summed E-state index contributed by atoms with van der Waals surface area (Å²) in [6.45, 7) is 3.94. The lowest BCUT2D eigenvalue weighted by Crippen LogP contribution is -2.39. The number of rotatable bonds is 5. The van der Waals surface area contributed by atoms with Crippen LogP contribution in [0.25, 0.3) is 0 Å². The molecule has 0 aromatic heterocycles. The molecule has 1 N–H and O–H groups in total. The van der Waals surface area contributed by atoms with Crippen molar-refractivity contribution in [3.05, 3.63) is 47.5 Å². The molecule has 1 saturated heterocycles. The summed E-state index contributed by atoms with van der Waals surface area (Å²) in [6.07, 6.45) is 2.43. The molecule has 154 valence electrons. The van der Waals surface area contributed by atoms with E-state index in [9.17, 15) is 9.90 Å². The van der Waals surface area contributed by atoms with Gasteiger partial charge < -0.3 is 24.2 Å². The van der Waals surface area contributed by atoms with Gasteiger partial charge in [0.25, 0.3) is 0 Å². The second-order valence-corrected chi connectivity index (χ2v) is 7.85. The lowest BCUT2D eigenvalue weighted by molar-refractivity contribution is -0.133. The van der Waals surface area contributed by atoms with Gasteiger partial charge in [-0.05, 0) is 48.6 Å². The number of carbonyl (C=O) groups excluding carboxylic acids is 1. The Labute approximate surface area is 171 Å². The van der Waals surface area contributed by atoms with Crippen molar-refractivity contribution in [2.45, 2.75) is 32.1 Å². The van der Waals surface area contributed by atoms with E-state index in [4.69, 9.17) is 14.2 Å². The van der Waals surface area contributed by atoms with Crippen LogP contribution in [0.1, 0.15) is 43.2 Å². The van der Waals surface area contributed by atoms with Gasteiger partial charge in [-0.3, -0.25) is 4.79 Å². The van der Waals surface area contributed by atoms with Crippen molar-refractivity contribution in [2.24, 2.45) is 5.92 Å². The molecule has 2 heterocycles. The SMILES string of the molecule is COc1cccc(O)c1C(CC(=O)N1CCCC(C)C1)c1ccc2c(c1)OCO2. The molecule has 2 aliphatic rings. The van der Waals surface area contributed by atoms with Crippen LogP contribution in [0.4, 0.5) is 0 Å². The standard InChI is InChI=1S/C23H27NO5/c1-15-5-4-10-24(13-15)22(26)12-17(23-18(25)6-3-7-20(23)27-2)16-8-9-19-21(11-16)29-14-28-19/h3,6-9,11,15,17,25H,4-5,10,12-14H2,1-2H3. The molecular weight excluding hydrogens is 370 g/mol. The number of likely N-dealkylation sites (tertiary alicyclic amines) is 1. The van der Waals surface area contributed by atoms with Crippen LogP contribution in [0, 0.1) is 5.92 Å². The molecule has 1 amide bonds. The summed E-state index contributed by atoms with van der Waals surface area (Å²) >= 11 is 0. The summed E-state index contributed by atoms with van der Waals surface area (Å²) in [7, 11) is 1.57. The van der Waals surface area contributed by atoms with E-state index in [1.165, 1.54) is 0 Å². The van der Waals surface area contributed by atoms with Crippen LogP contribution in [-0.2, 0) is 4.79 Å². The van der Waals surface area contributed by atoms with E-state index < -0.39 is 0 Å². The third-order valence-electron chi connectivity index (χ3n) is 5.80.